The number of amides is 1. The summed E-state index contributed by atoms with van der Waals surface area (Å²) in [7, 11) is 1.54. The Kier molecular flexibility index (Phi) is 5.56. The fourth-order valence-electron chi connectivity index (χ4n) is 3.45. The second-order valence-electron chi connectivity index (χ2n) is 7.09. The molecule has 0 spiro atoms. The number of benzene rings is 2. The predicted octanol–water partition coefficient (Wildman–Crippen LogP) is 5.05. The molecular weight excluding hydrogens is 436 g/mol. The molecule has 1 N–H and O–H groups in total. The van der Waals surface area contributed by atoms with Crippen molar-refractivity contribution in [3.63, 3.8) is 0 Å². The minimum absolute atomic E-state index is 0.00277. The van der Waals surface area contributed by atoms with Crippen LogP contribution in [0, 0.1) is 13.8 Å². The third kappa shape index (κ3) is 3.71. The van der Waals surface area contributed by atoms with Crippen LogP contribution in [0.15, 0.2) is 54.1 Å². The zero-order chi connectivity index (χ0) is 22.3. The van der Waals surface area contributed by atoms with Gasteiger partial charge in [-0.2, -0.15) is 0 Å². The number of hydrogen-bond acceptors (Lipinski definition) is 6. The van der Waals surface area contributed by atoms with Crippen LogP contribution in [0.1, 0.15) is 27.7 Å². The minimum Gasteiger partial charge on any atom is -0.507 e. The maximum absolute atomic E-state index is 13.1. The van der Waals surface area contributed by atoms with Crippen molar-refractivity contribution in [3.8, 4) is 5.75 Å². The van der Waals surface area contributed by atoms with Gasteiger partial charge in [-0.25, -0.2) is 4.98 Å². The molecule has 0 saturated carbocycles. The van der Waals surface area contributed by atoms with E-state index in [1.807, 2.05) is 13.8 Å². The van der Waals surface area contributed by atoms with Gasteiger partial charge >= 0.3 is 5.91 Å². The van der Waals surface area contributed by atoms with E-state index in [0.717, 1.165) is 10.6 Å². The summed E-state index contributed by atoms with van der Waals surface area (Å²) in [4.78, 5) is 32.9. The van der Waals surface area contributed by atoms with E-state index in [-0.39, 0.29) is 11.3 Å². The van der Waals surface area contributed by atoms with E-state index < -0.39 is 17.7 Å². The first kappa shape index (κ1) is 21.1. The number of aliphatic hydroxyl groups is 1. The zero-order valence-corrected chi connectivity index (χ0v) is 18.6. The number of aromatic nitrogens is 1. The molecule has 0 unspecified atom stereocenters. The maximum Gasteiger partial charge on any atom is 0.301 e. The molecule has 1 aliphatic rings. The monoisotopic (exact) mass is 454 g/mol. The fraction of sp³-hybridized carbons (Fsp3) is 0.174. The van der Waals surface area contributed by atoms with Crippen LogP contribution in [0.3, 0.4) is 0 Å². The number of ether oxygens (including phenoxy) is 1. The highest BCUT2D eigenvalue weighted by Gasteiger charge is 2.48. The molecule has 1 saturated heterocycles. The highest BCUT2D eigenvalue weighted by molar-refractivity contribution is 7.16. The van der Waals surface area contributed by atoms with E-state index in [1.165, 1.54) is 16.2 Å². The summed E-state index contributed by atoms with van der Waals surface area (Å²) < 4.78 is 5.16. The van der Waals surface area contributed by atoms with E-state index in [1.54, 1.807) is 55.6 Å². The third-order valence-corrected chi connectivity index (χ3v) is 6.54. The third-order valence-electron chi connectivity index (χ3n) is 5.22. The molecule has 3 aromatic rings. The summed E-state index contributed by atoms with van der Waals surface area (Å²) >= 11 is 7.37. The van der Waals surface area contributed by atoms with Crippen molar-refractivity contribution >= 4 is 45.5 Å². The Bertz CT molecular complexity index is 1180. The molecule has 0 aliphatic carbocycles. The standard InChI is InChI=1S/C23H19ClN2O4S/c1-12-13(2)31-23(25-12)26-19(14-4-8-16(24)9-5-14)18(21(28)22(26)29)20(27)15-6-10-17(30-3)11-7-15/h4-11,19,27H,1-3H3/b20-18+/t19-/m1/s1. The zero-order valence-electron chi connectivity index (χ0n) is 17.0. The van der Waals surface area contributed by atoms with Crippen molar-refractivity contribution in [3.05, 3.63) is 80.8 Å². The first-order valence-electron chi connectivity index (χ1n) is 9.46. The van der Waals surface area contributed by atoms with Crippen LogP contribution in [0.25, 0.3) is 5.76 Å². The van der Waals surface area contributed by atoms with Gasteiger partial charge in [-0.1, -0.05) is 23.7 Å². The molecule has 31 heavy (non-hydrogen) atoms. The molecular formula is C23H19ClN2O4S. The predicted molar refractivity (Wildman–Crippen MR) is 121 cm³/mol. The lowest BCUT2D eigenvalue weighted by molar-refractivity contribution is -0.132. The molecule has 0 radical (unpaired) electrons. The number of nitrogens with zero attached hydrogens (tertiary/aromatic N) is 2. The van der Waals surface area contributed by atoms with Gasteiger partial charge in [-0.15, -0.1) is 11.3 Å². The second kappa shape index (κ2) is 8.17. The highest BCUT2D eigenvalue weighted by atomic mass is 35.5. The van der Waals surface area contributed by atoms with Gasteiger partial charge < -0.3 is 9.84 Å². The van der Waals surface area contributed by atoms with Crippen molar-refractivity contribution in [1.82, 2.24) is 4.98 Å². The van der Waals surface area contributed by atoms with Crippen molar-refractivity contribution in [2.75, 3.05) is 12.0 Å². The molecule has 1 fully saturated rings. The van der Waals surface area contributed by atoms with Gasteiger partial charge in [0.25, 0.3) is 5.78 Å². The topological polar surface area (TPSA) is 79.7 Å². The Morgan fingerprint density at radius 1 is 1.10 bits per heavy atom. The number of aryl methyl sites for hydroxylation is 2. The summed E-state index contributed by atoms with van der Waals surface area (Å²) in [6.07, 6.45) is 0. The van der Waals surface area contributed by atoms with Crippen LogP contribution >= 0.6 is 22.9 Å². The summed E-state index contributed by atoms with van der Waals surface area (Å²) in [5.41, 5.74) is 1.84. The Labute approximate surface area is 188 Å². The number of carbonyl (C=O) groups excluding carboxylic acids is 2. The number of methoxy groups -OCH3 is 1. The first-order valence-corrected chi connectivity index (χ1v) is 10.7. The normalized spacial score (nSPS) is 17.9. The van der Waals surface area contributed by atoms with Crippen molar-refractivity contribution in [2.45, 2.75) is 19.9 Å². The van der Waals surface area contributed by atoms with Crippen LogP contribution in [-0.4, -0.2) is 28.9 Å². The highest BCUT2D eigenvalue weighted by Crippen LogP contribution is 2.43. The van der Waals surface area contributed by atoms with Gasteiger partial charge in [0.1, 0.15) is 11.5 Å². The number of carbonyl (C=O) groups is 2. The number of rotatable bonds is 4. The maximum atomic E-state index is 13.1. The van der Waals surface area contributed by atoms with Crippen molar-refractivity contribution in [2.24, 2.45) is 0 Å². The van der Waals surface area contributed by atoms with Crippen LogP contribution in [0.4, 0.5) is 5.13 Å². The molecule has 8 heteroatoms. The number of Topliss-reactive ketones (excluding diaryl/α,β-unsaturated/α-hetero) is 1. The lowest BCUT2D eigenvalue weighted by Crippen LogP contribution is -2.29. The van der Waals surface area contributed by atoms with Crippen LogP contribution in [0.2, 0.25) is 5.02 Å². The minimum atomic E-state index is -0.829. The smallest absolute Gasteiger partial charge is 0.301 e. The lowest BCUT2D eigenvalue weighted by Gasteiger charge is -2.23. The quantitative estimate of drug-likeness (QED) is 0.339. The Morgan fingerprint density at radius 2 is 1.74 bits per heavy atom. The summed E-state index contributed by atoms with van der Waals surface area (Å²) in [6.45, 7) is 3.75. The molecule has 158 valence electrons. The average molecular weight is 455 g/mol. The molecule has 4 rings (SSSR count). The van der Waals surface area contributed by atoms with Gasteiger partial charge in [-0.05, 0) is 55.8 Å². The summed E-state index contributed by atoms with van der Waals surface area (Å²) in [5, 5.41) is 12.0. The number of thiazole rings is 1. The average Bonchev–Trinajstić information content (AvgIpc) is 3.23. The van der Waals surface area contributed by atoms with E-state index in [9.17, 15) is 14.7 Å². The van der Waals surface area contributed by atoms with Crippen LogP contribution in [-0.2, 0) is 9.59 Å². The van der Waals surface area contributed by atoms with Gasteiger partial charge in [0.05, 0.1) is 24.4 Å². The molecule has 1 amide bonds. The number of ketones is 1. The van der Waals surface area contributed by atoms with Gasteiger partial charge in [0.2, 0.25) is 0 Å². The molecule has 2 aromatic carbocycles. The lowest BCUT2D eigenvalue weighted by atomic mass is 9.95. The Morgan fingerprint density at radius 3 is 2.29 bits per heavy atom. The SMILES string of the molecule is COc1ccc(/C(O)=C2\C(=O)C(=O)N(c3nc(C)c(C)s3)[C@@H]2c2ccc(Cl)cc2)cc1. The number of hydrogen-bond donors (Lipinski definition) is 1. The van der Waals surface area contributed by atoms with Crippen molar-refractivity contribution in [1.29, 1.82) is 0 Å². The summed E-state index contributed by atoms with van der Waals surface area (Å²) in [6, 6.07) is 12.6. The molecule has 2 heterocycles. The van der Waals surface area contributed by atoms with E-state index in [0.29, 0.717) is 27.0 Å². The Hall–Kier alpha value is -3.16. The molecule has 1 aromatic heterocycles. The molecule has 0 bridgehead atoms. The first-order chi connectivity index (χ1) is 14.8. The van der Waals surface area contributed by atoms with Crippen LogP contribution < -0.4 is 9.64 Å². The number of halogens is 1. The number of aliphatic hydroxyl groups excluding tert-OH is 1. The van der Waals surface area contributed by atoms with Gasteiger partial charge in [0.15, 0.2) is 5.13 Å². The van der Waals surface area contributed by atoms with E-state index in [4.69, 9.17) is 16.3 Å². The van der Waals surface area contributed by atoms with Crippen molar-refractivity contribution < 1.29 is 19.4 Å². The van der Waals surface area contributed by atoms with E-state index >= 15 is 0 Å². The molecule has 6 nitrogen and oxygen atoms in total. The Balaban J connectivity index is 1.92. The second-order valence-corrected chi connectivity index (χ2v) is 8.71. The molecule has 1 aliphatic heterocycles. The fourth-order valence-corrected chi connectivity index (χ4v) is 4.52. The number of anilines is 1. The van der Waals surface area contributed by atoms with Gasteiger partial charge in [0, 0.05) is 15.5 Å². The van der Waals surface area contributed by atoms with Crippen LogP contribution in [0.5, 0.6) is 5.75 Å². The van der Waals surface area contributed by atoms with Gasteiger partial charge in [-0.3, -0.25) is 14.5 Å². The summed E-state index contributed by atoms with van der Waals surface area (Å²) in [5.74, 6) is -1.14. The van der Waals surface area contributed by atoms with E-state index in [2.05, 4.69) is 4.98 Å². The molecule has 1 atom stereocenters. The largest absolute Gasteiger partial charge is 0.507 e.